The van der Waals surface area contributed by atoms with Crippen molar-refractivity contribution in [3.05, 3.63) is 53.5 Å². The monoisotopic (exact) mass is 483 g/mol. The van der Waals surface area contributed by atoms with Gasteiger partial charge in [0.15, 0.2) is 9.87 Å². The summed E-state index contributed by atoms with van der Waals surface area (Å²) in [6, 6.07) is 7.49. The van der Waals surface area contributed by atoms with Crippen LogP contribution in [0.2, 0.25) is 0 Å². The minimum Gasteiger partial charge on any atom is -0.489 e. The summed E-state index contributed by atoms with van der Waals surface area (Å²) in [5.41, 5.74) is 2.89. The minimum atomic E-state index is -1.04. The molecule has 1 aromatic carbocycles. The van der Waals surface area contributed by atoms with Crippen molar-refractivity contribution in [2.24, 2.45) is 0 Å². The third-order valence-electron chi connectivity index (χ3n) is 3.90. The molecule has 8 heteroatoms. The number of hydrogen-bond acceptors (Lipinski definition) is 5. The Morgan fingerprint density at radius 2 is 2.19 bits per heavy atom. The summed E-state index contributed by atoms with van der Waals surface area (Å²) >= 11 is 1.68. The van der Waals surface area contributed by atoms with Gasteiger partial charge in [0.1, 0.15) is 12.4 Å². The maximum atomic E-state index is 12.9. The molecule has 0 fully saturated rings. The molecule has 0 saturated carbocycles. The van der Waals surface area contributed by atoms with E-state index in [2.05, 4.69) is 10.1 Å². The molecule has 1 unspecified atom stereocenters. The number of alkyl halides is 2. The van der Waals surface area contributed by atoms with Crippen LogP contribution in [0.5, 0.6) is 5.75 Å². The summed E-state index contributed by atoms with van der Waals surface area (Å²) in [4.78, 5) is 16.2. The lowest BCUT2D eigenvalue weighted by atomic mass is 10.1. The van der Waals surface area contributed by atoms with E-state index in [1.807, 2.05) is 25.1 Å². The maximum Gasteiger partial charge on any atom is 0.357 e. The topological polar surface area (TPSA) is 66.2 Å². The van der Waals surface area contributed by atoms with E-state index in [1.54, 1.807) is 52.7 Å². The number of halogens is 2. The number of hydrogen-bond donors (Lipinski definition) is 0. The summed E-state index contributed by atoms with van der Waals surface area (Å²) in [6.45, 7) is 4.51. The van der Waals surface area contributed by atoms with Crippen molar-refractivity contribution in [1.29, 1.82) is 0 Å². The summed E-state index contributed by atoms with van der Waals surface area (Å²) in [6.07, 6.45) is 3.34. The highest BCUT2D eigenvalue weighted by atomic mass is 127. The standard InChI is InChI=1S/C19H19FIN3O3/c1-3-26-19(25)18-14-10-24(23-15(14)6-7-22-18)9-13-4-5-16(12(2)8-13)27-11-17(20)21/h4-8,10,17H,3,9,11H2,1-2H3. The van der Waals surface area contributed by atoms with Crippen LogP contribution in [-0.2, 0) is 11.3 Å². The summed E-state index contributed by atoms with van der Waals surface area (Å²) in [7, 11) is 0. The minimum absolute atomic E-state index is 0.0227. The van der Waals surface area contributed by atoms with Crippen LogP contribution in [0.25, 0.3) is 10.9 Å². The van der Waals surface area contributed by atoms with Gasteiger partial charge in [-0.1, -0.05) is 12.1 Å². The fourth-order valence-electron chi connectivity index (χ4n) is 2.75. The lowest BCUT2D eigenvalue weighted by molar-refractivity contribution is 0.0522. The summed E-state index contributed by atoms with van der Waals surface area (Å²) in [5.74, 6) is 0.207. The van der Waals surface area contributed by atoms with Crippen molar-refractivity contribution in [3.8, 4) is 5.75 Å². The molecule has 0 spiro atoms. The molecule has 0 saturated heterocycles. The van der Waals surface area contributed by atoms with Crippen LogP contribution in [0.4, 0.5) is 4.39 Å². The molecule has 1 atom stereocenters. The van der Waals surface area contributed by atoms with Gasteiger partial charge in [0.05, 0.1) is 24.1 Å². The predicted molar refractivity (Wildman–Crippen MR) is 108 cm³/mol. The quantitative estimate of drug-likeness (QED) is 0.288. The molecule has 2 heterocycles. The van der Waals surface area contributed by atoms with Gasteiger partial charge in [-0.2, -0.15) is 5.10 Å². The first-order chi connectivity index (χ1) is 13.0. The highest BCUT2D eigenvalue weighted by Crippen LogP contribution is 2.22. The Morgan fingerprint density at radius 1 is 1.37 bits per heavy atom. The fourth-order valence-corrected chi connectivity index (χ4v) is 2.93. The molecule has 0 aliphatic rings. The molecule has 0 bridgehead atoms. The van der Waals surface area contributed by atoms with E-state index in [0.29, 0.717) is 29.8 Å². The highest BCUT2D eigenvalue weighted by molar-refractivity contribution is 14.1. The van der Waals surface area contributed by atoms with Crippen molar-refractivity contribution in [3.63, 3.8) is 0 Å². The average Bonchev–Trinajstić information content (AvgIpc) is 3.03. The maximum absolute atomic E-state index is 12.9. The number of aromatic nitrogens is 3. The first-order valence-corrected chi connectivity index (χ1v) is 9.72. The van der Waals surface area contributed by atoms with Gasteiger partial charge in [0, 0.05) is 12.4 Å². The van der Waals surface area contributed by atoms with Crippen molar-refractivity contribution in [2.45, 2.75) is 24.6 Å². The lowest BCUT2D eigenvalue weighted by Gasteiger charge is -2.11. The first-order valence-electron chi connectivity index (χ1n) is 8.47. The third-order valence-corrected chi connectivity index (χ3v) is 4.26. The third kappa shape index (κ3) is 4.74. The van der Waals surface area contributed by atoms with E-state index in [9.17, 15) is 9.18 Å². The van der Waals surface area contributed by atoms with Gasteiger partial charge < -0.3 is 9.47 Å². The van der Waals surface area contributed by atoms with E-state index in [1.165, 1.54) is 0 Å². The zero-order valence-electron chi connectivity index (χ0n) is 15.0. The summed E-state index contributed by atoms with van der Waals surface area (Å²) < 4.78 is 24.2. The van der Waals surface area contributed by atoms with Crippen molar-refractivity contribution < 1.29 is 18.7 Å². The van der Waals surface area contributed by atoms with Crippen LogP contribution >= 0.6 is 22.6 Å². The van der Waals surface area contributed by atoms with Crippen molar-refractivity contribution >= 4 is 39.5 Å². The number of aryl methyl sites for hydroxylation is 1. The second-order valence-corrected chi connectivity index (χ2v) is 7.29. The Hall–Kier alpha value is -2.23. The van der Waals surface area contributed by atoms with Gasteiger partial charge in [-0.25, -0.2) is 14.2 Å². The van der Waals surface area contributed by atoms with E-state index in [-0.39, 0.29) is 12.3 Å². The largest absolute Gasteiger partial charge is 0.489 e. The van der Waals surface area contributed by atoms with Gasteiger partial charge in [0.2, 0.25) is 0 Å². The Labute approximate surface area is 169 Å². The number of rotatable bonds is 7. The molecule has 3 aromatic rings. The van der Waals surface area contributed by atoms with Crippen molar-refractivity contribution in [2.75, 3.05) is 13.2 Å². The van der Waals surface area contributed by atoms with E-state index >= 15 is 0 Å². The van der Waals surface area contributed by atoms with Crippen LogP contribution in [-0.4, -0.2) is 38.1 Å². The molecule has 142 valence electrons. The number of carbonyl (C=O) groups excluding carboxylic acids is 1. The average molecular weight is 483 g/mol. The number of fused-ring (bicyclic) bond motifs is 1. The Bertz CT molecular complexity index is 959. The first kappa shape index (κ1) is 19.5. The second kappa shape index (κ2) is 8.64. The van der Waals surface area contributed by atoms with Crippen LogP contribution in [0, 0.1) is 6.92 Å². The number of pyridine rings is 1. The van der Waals surface area contributed by atoms with E-state index in [4.69, 9.17) is 9.47 Å². The Morgan fingerprint density at radius 3 is 2.89 bits per heavy atom. The Kier molecular flexibility index (Phi) is 6.25. The van der Waals surface area contributed by atoms with Crippen LogP contribution in [0.15, 0.2) is 36.7 Å². The van der Waals surface area contributed by atoms with Gasteiger partial charge in [0.25, 0.3) is 0 Å². The predicted octanol–water partition coefficient (Wildman–Crippen LogP) is 4.07. The highest BCUT2D eigenvalue weighted by Gasteiger charge is 2.15. The molecule has 27 heavy (non-hydrogen) atoms. The fraction of sp³-hybridized carbons (Fsp3) is 0.316. The van der Waals surface area contributed by atoms with E-state index < -0.39 is 10.1 Å². The van der Waals surface area contributed by atoms with Gasteiger partial charge in [-0.3, -0.25) is 4.68 Å². The van der Waals surface area contributed by atoms with Crippen LogP contribution in [0.3, 0.4) is 0 Å². The normalized spacial score (nSPS) is 12.1. The molecule has 3 rings (SSSR count). The zero-order valence-corrected chi connectivity index (χ0v) is 17.1. The molecule has 6 nitrogen and oxygen atoms in total. The van der Waals surface area contributed by atoms with Gasteiger partial charge in [-0.15, -0.1) is 0 Å². The molecular weight excluding hydrogens is 464 g/mol. The molecule has 0 radical (unpaired) electrons. The molecule has 0 amide bonds. The molecule has 0 N–H and O–H groups in total. The number of esters is 1. The Balaban J connectivity index is 1.81. The van der Waals surface area contributed by atoms with Crippen molar-refractivity contribution in [1.82, 2.24) is 14.8 Å². The smallest absolute Gasteiger partial charge is 0.357 e. The van der Waals surface area contributed by atoms with Gasteiger partial charge >= 0.3 is 5.97 Å². The molecule has 0 aliphatic heterocycles. The summed E-state index contributed by atoms with van der Waals surface area (Å²) in [5, 5.41) is 5.17. The number of ether oxygens (including phenoxy) is 2. The number of nitrogens with zero attached hydrogens (tertiary/aromatic N) is 3. The lowest BCUT2D eigenvalue weighted by Crippen LogP contribution is -2.07. The second-order valence-electron chi connectivity index (χ2n) is 5.94. The number of carbonyl (C=O) groups is 1. The molecule has 0 aliphatic carbocycles. The van der Waals surface area contributed by atoms with Crippen LogP contribution in [0.1, 0.15) is 28.5 Å². The zero-order chi connectivity index (χ0) is 19.4. The van der Waals surface area contributed by atoms with E-state index in [0.717, 1.165) is 11.1 Å². The molecule has 2 aromatic heterocycles. The SMILES string of the molecule is CCOC(=O)c1nccc2nn(Cc3ccc(OCC(F)I)c(C)c3)cc12. The molecular formula is C19H19FIN3O3. The van der Waals surface area contributed by atoms with Gasteiger partial charge in [-0.05, 0) is 59.7 Å². The van der Waals surface area contributed by atoms with Crippen LogP contribution < -0.4 is 4.74 Å². The number of benzene rings is 1.